The maximum absolute atomic E-state index is 11.9. The van der Waals surface area contributed by atoms with Gasteiger partial charge < -0.3 is 11.1 Å². The molecule has 0 spiro atoms. The van der Waals surface area contributed by atoms with Crippen molar-refractivity contribution in [3.8, 4) is 0 Å². The van der Waals surface area contributed by atoms with Gasteiger partial charge in [-0.1, -0.05) is 26.0 Å². The topological polar surface area (TPSA) is 85.8 Å². The number of rotatable bonds is 5. The fourth-order valence-electron chi connectivity index (χ4n) is 1.78. The van der Waals surface area contributed by atoms with Gasteiger partial charge in [-0.05, 0) is 23.6 Å². The zero-order chi connectivity index (χ0) is 14.5. The monoisotopic (exact) mass is 273 g/mol. The number of anilines is 1. The van der Waals surface area contributed by atoms with Crippen LogP contribution in [-0.4, -0.2) is 26.7 Å². The Kier molecular flexibility index (Phi) is 4.47. The lowest BCUT2D eigenvalue weighted by Gasteiger charge is -2.15. The van der Waals surface area contributed by atoms with Crippen LogP contribution in [0.1, 0.15) is 19.4 Å². The van der Waals surface area contributed by atoms with Gasteiger partial charge in [0.1, 0.15) is 12.7 Å². The molecule has 3 N–H and O–H groups in total. The molecule has 2 aromatic rings. The van der Waals surface area contributed by atoms with Crippen molar-refractivity contribution in [1.29, 1.82) is 0 Å². The van der Waals surface area contributed by atoms with E-state index in [1.54, 1.807) is 11.0 Å². The number of hydrogen-bond acceptors (Lipinski definition) is 4. The second kappa shape index (κ2) is 6.29. The van der Waals surface area contributed by atoms with Crippen LogP contribution in [0.4, 0.5) is 5.69 Å². The third-order valence-electron chi connectivity index (χ3n) is 3.03. The zero-order valence-electron chi connectivity index (χ0n) is 11.7. The Labute approximate surface area is 118 Å². The highest BCUT2D eigenvalue weighted by Gasteiger charge is 2.17. The first kappa shape index (κ1) is 14.2. The first-order valence-corrected chi connectivity index (χ1v) is 6.54. The van der Waals surface area contributed by atoms with E-state index in [0.717, 1.165) is 11.3 Å². The first-order chi connectivity index (χ1) is 9.56. The molecule has 20 heavy (non-hydrogen) atoms. The predicted octanol–water partition coefficient (Wildman–Crippen LogP) is 1.25. The van der Waals surface area contributed by atoms with E-state index in [1.807, 2.05) is 38.1 Å². The molecule has 0 aliphatic rings. The summed E-state index contributed by atoms with van der Waals surface area (Å²) in [4.78, 5) is 15.8. The van der Waals surface area contributed by atoms with Crippen LogP contribution in [-0.2, 0) is 11.3 Å². The molecule has 1 atom stereocenters. The number of benzene rings is 1. The number of hydrogen-bond donors (Lipinski definition) is 2. The summed E-state index contributed by atoms with van der Waals surface area (Å²) in [6.45, 7) is 4.46. The standard InChI is InChI=1S/C14H19N5O/c1-10(2)13(15)14(20)18-12-5-3-4-11(6-12)7-19-9-16-8-17-19/h3-6,8-10,13H,7,15H2,1-2H3,(H,18,20)/t13-/m0/s1. The first-order valence-electron chi connectivity index (χ1n) is 6.54. The Bertz CT molecular complexity index is 565. The molecular weight excluding hydrogens is 254 g/mol. The van der Waals surface area contributed by atoms with Gasteiger partial charge in [0.05, 0.1) is 12.6 Å². The molecule has 1 aromatic heterocycles. The normalized spacial score (nSPS) is 12.4. The van der Waals surface area contributed by atoms with Crippen molar-refractivity contribution in [1.82, 2.24) is 14.8 Å². The van der Waals surface area contributed by atoms with Crippen molar-refractivity contribution in [2.24, 2.45) is 11.7 Å². The molecular formula is C14H19N5O. The fraction of sp³-hybridized carbons (Fsp3) is 0.357. The van der Waals surface area contributed by atoms with Gasteiger partial charge in [0, 0.05) is 5.69 Å². The largest absolute Gasteiger partial charge is 0.325 e. The maximum atomic E-state index is 11.9. The minimum atomic E-state index is -0.506. The van der Waals surface area contributed by atoms with Gasteiger partial charge in [0.25, 0.3) is 0 Å². The number of carbonyl (C=O) groups excluding carboxylic acids is 1. The summed E-state index contributed by atoms with van der Waals surface area (Å²) in [5, 5.41) is 6.89. The third kappa shape index (κ3) is 3.64. The van der Waals surface area contributed by atoms with Crippen molar-refractivity contribution in [2.75, 3.05) is 5.32 Å². The molecule has 6 nitrogen and oxygen atoms in total. The van der Waals surface area contributed by atoms with E-state index >= 15 is 0 Å². The van der Waals surface area contributed by atoms with Crippen molar-refractivity contribution >= 4 is 11.6 Å². The number of carbonyl (C=O) groups is 1. The Hall–Kier alpha value is -2.21. The lowest BCUT2D eigenvalue weighted by atomic mass is 10.0. The van der Waals surface area contributed by atoms with Crippen LogP contribution in [0.25, 0.3) is 0 Å². The Morgan fingerprint density at radius 1 is 1.45 bits per heavy atom. The predicted molar refractivity (Wildman–Crippen MR) is 77.0 cm³/mol. The van der Waals surface area contributed by atoms with Crippen LogP contribution in [0.15, 0.2) is 36.9 Å². The average Bonchev–Trinajstić information content (AvgIpc) is 2.91. The summed E-state index contributed by atoms with van der Waals surface area (Å²) in [6, 6.07) is 7.11. The van der Waals surface area contributed by atoms with E-state index in [-0.39, 0.29) is 11.8 Å². The molecule has 1 amide bonds. The highest BCUT2D eigenvalue weighted by Crippen LogP contribution is 2.12. The maximum Gasteiger partial charge on any atom is 0.241 e. The molecule has 106 valence electrons. The molecule has 1 heterocycles. The lowest BCUT2D eigenvalue weighted by molar-refractivity contribution is -0.118. The molecule has 2 rings (SSSR count). The molecule has 0 fully saturated rings. The lowest BCUT2D eigenvalue weighted by Crippen LogP contribution is -2.39. The summed E-state index contributed by atoms with van der Waals surface area (Å²) >= 11 is 0. The van der Waals surface area contributed by atoms with Crippen LogP contribution in [0, 0.1) is 5.92 Å². The summed E-state index contributed by atoms with van der Waals surface area (Å²) in [5.41, 5.74) is 7.59. The number of nitrogens with zero attached hydrogens (tertiary/aromatic N) is 3. The van der Waals surface area contributed by atoms with Crippen LogP contribution in [0.2, 0.25) is 0 Å². The summed E-state index contributed by atoms with van der Waals surface area (Å²) in [6.07, 6.45) is 3.15. The number of nitrogens with two attached hydrogens (primary N) is 1. The summed E-state index contributed by atoms with van der Waals surface area (Å²) in [5.74, 6) is -0.0637. The number of amides is 1. The summed E-state index contributed by atoms with van der Waals surface area (Å²) in [7, 11) is 0. The SMILES string of the molecule is CC(C)[C@H](N)C(=O)Nc1cccc(Cn2cncn2)c1. The van der Waals surface area contributed by atoms with E-state index in [1.165, 1.54) is 6.33 Å². The molecule has 0 aliphatic heterocycles. The van der Waals surface area contributed by atoms with Crippen molar-refractivity contribution in [3.63, 3.8) is 0 Å². The second-order valence-electron chi connectivity index (χ2n) is 5.05. The van der Waals surface area contributed by atoms with Gasteiger partial charge >= 0.3 is 0 Å². The van der Waals surface area contributed by atoms with Crippen molar-refractivity contribution in [3.05, 3.63) is 42.5 Å². The molecule has 1 aromatic carbocycles. The Morgan fingerprint density at radius 3 is 2.90 bits per heavy atom. The average molecular weight is 273 g/mol. The Balaban J connectivity index is 2.04. The van der Waals surface area contributed by atoms with Gasteiger partial charge in [-0.3, -0.25) is 4.79 Å². The highest BCUT2D eigenvalue weighted by molar-refractivity contribution is 5.94. The Morgan fingerprint density at radius 2 is 2.25 bits per heavy atom. The van der Waals surface area contributed by atoms with Crippen molar-refractivity contribution in [2.45, 2.75) is 26.4 Å². The highest BCUT2D eigenvalue weighted by atomic mass is 16.2. The fourth-order valence-corrected chi connectivity index (χ4v) is 1.78. The van der Waals surface area contributed by atoms with Gasteiger partial charge in [0.2, 0.25) is 5.91 Å². The van der Waals surface area contributed by atoms with Crippen LogP contribution >= 0.6 is 0 Å². The van der Waals surface area contributed by atoms with Gasteiger partial charge in [-0.2, -0.15) is 5.10 Å². The number of aromatic nitrogens is 3. The smallest absolute Gasteiger partial charge is 0.241 e. The minimum Gasteiger partial charge on any atom is -0.325 e. The zero-order valence-corrected chi connectivity index (χ0v) is 11.7. The minimum absolute atomic E-state index is 0.105. The van der Waals surface area contributed by atoms with Crippen LogP contribution in [0.3, 0.4) is 0 Å². The number of nitrogens with one attached hydrogen (secondary N) is 1. The van der Waals surface area contributed by atoms with Crippen molar-refractivity contribution < 1.29 is 4.79 Å². The second-order valence-corrected chi connectivity index (χ2v) is 5.05. The van der Waals surface area contributed by atoms with Crippen LogP contribution < -0.4 is 11.1 Å². The van der Waals surface area contributed by atoms with E-state index in [4.69, 9.17) is 5.73 Å². The quantitative estimate of drug-likeness (QED) is 0.858. The van der Waals surface area contributed by atoms with E-state index in [0.29, 0.717) is 6.54 Å². The third-order valence-corrected chi connectivity index (χ3v) is 3.03. The molecule has 0 saturated carbocycles. The van der Waals surface area contributed by atoms with Gasteiger partial charge in [0.15, 0.2) is 0 Å². The van der Waals surface area contributed by atoms with E-state index < -0.39 is 6.04 Å². The van der Waals surface area contributed by atoms with E-state index in [2.05, 4.69) is 15.4 Å². The molecule has 0 aliphatic carbocycles. The van der Waals surface area contributed by atoms with E-state index in [9.17, 15) is 4.79 Å². The molecule has 0 radical (unpaired) electrons. The summed E-state index contributed by atoms with van der Waals surface area (Å²) < 4.78 is 1.72. The molecule has 0 saturated heterocycles. The van der Waals surface area contributed by atoms with Crippen LogP contribution in [0.5, 0.6) is 0 Å². The van der Waals surface area contributed by atoms with Gasteiger partial charge in [-0.15, -0.1) is 0 Å². The molecule has 0 bridgehead atoms. The molecule has 0 unspecified atom stereocenters. The van der Waals surface area contributed by atoms with Gasteiger partial charge in [-0.25, -0.2) is 9.67 Å². The molecule has 6 heteroatoms.